The number of hydrogen-bond donors (Lipinski definition) is 1. The molecule has 3 aliphatic rings. The molecule has 0 saturated carbocycles. The van der Waals surface area contributed by atoms with Crippen molar-refractivity contribution >= 4 is 17.8 Å². The van der Waals surface area contributed by atoms with E-state index in [0.717, 1.165) is 32.5 Å². The number of imide groups is 1. The van der Waals surface area contributed by atoms with E-state index in [4.69, 9.17) is 0 Å². The van der Waals surface area contributed by atoms with E-state index in [9.17, 15) is 14.4 Å². The van der Waals surface area contributed by atoms with Crippen LogP contribution in [-0.4, -0.2) is 76.8 Å². The van der Waals surface area contributed by atoms with Crippen LogP contribution in [0.15, 0.2) is 30.3 Å². The number of urea groups is 1. The summed E-state index contributed by atoms with van der Waals surface area (Å²) in [6, 6.07) is 9.68. The lowest BCUT2D eigenvalue weighted by Crippen LogP contribution is -2.55. The number of rotatable bonds is 6. The van der Waals surface area contributed by atoms with Gasteiger partial charge in [-0.25, -0.2) is 4.79 Å². The highest BCUT2D eigenvalue weighted by Gasteiger charge is 2.54. The zero-order chi connectivity index (χ0) is 21.8. The fraction of sp³-hybridized carbons (Fsp3) is 0.625. The number of carbonyl (C=O) groups is 3. The van der Waals surface area contributed by atoms with Gasteiger partial charge in [-0.2, -0.15) is 0 Å². The first-order valence-electron chi connectivity index (χ1n) is 11.7. The van der Waals surface area contributed by atoms with Crippen molar-refractivity contribution in [2.45, 2.75) is 63.5 Å². The maximum atomic E-state index is 13.3. The Morgan fingerprint density at radius 1 is 1.06 bits per heavy atom. The number of carbonyl (C=O) groups excluding carboxylic acids is 3. The van der Waals surface area contributed by atoms with E-state index in [1.54, 1.807) is 0 Å². The summed E-state index contributed by atoms with van der Waals surface area (Å²) in [5, 5.41) is 3.03. The van der Waals surface area contributed by atoms with Crippen molar-refractivity contribution in [3.63, 3.8) is 0 Å². The average molecular weight is 427 g/mol. The number of nitrogens with zero attached hydrogens (tertiary/aromatic N) is 3. The minimum atomic E-state index is -0.718. The molecular formula is C24H34N4O3. The van der Waals surface area contributed by atoms with Gasteiger partial charge in [-0.3, -0.25) is 14.5 Å². The Labute approximate surface area is 184 Å². The third-order valence-electron chi connectivity index (χ3n) is 7.10. The molecule has 3 fully saturated rings. The number of benzene rings is 1. The molecule has 4 rings (SSSR count). The summed E-state index contributed by atoms with van der Waals surface area (Å²) in [7, 11) is 0. The standard InChI is InChI=1S/C24H34N4O3/c1-2-14-26-17-12-24(13-18-26)22(30)28(23(31)25-24)20-10-15-27(16-11-20)21(29)9-8-19-6-4-3-5-7-19/h3-7,20H,2,8-18H2,1H3,(H,25,31). The summed E-state index contributed by atoms with van der Waals surface area (Å²) < 4.78 is 0. The first-order valence-corrected chi connectivity index (χ1v) is 11.7. The smallest absolute Gasteiger partial charge is 0.325 e. The van der Waals surface area contributed by atoms with Crippen LogP contribution in [0.25, 0.3) is 0 Å². The zero-order valence-corrected chi connectivity index (χ0v) is 18.5. The van der Waals surface area contributed by atoms with Gasteiger partial charge in [0.2, 0.25) is 5.91 Å². The van der Waals surface area contributed by atoms with Crippen LogP contribution < -0.4 is 5.32 Å². The molecule has 0 atom stereocenters. The monoisotopic (exact) mass is 426 g/mol. The molecule has 7 nitrogen and oxygen atoms in total. The van der Waals surface area contributed by atoms with Gasteiger partial charge >= 0.3 is 6.03 Å². The van der Waals surface area contributed by atoms with Crippen molar-refractivity contribution in [2.24, 2.45) is 0 Å². The zero-order valence-electron chi connectivity index (χ0n) is 18.5. The number of aryl methyl sites for hydroxylation is 1. The topological polar surface area (TPSA) is 73.0 Å². The molecule has 31 heavy (non-hydrogen) atoms. The lowest BCUT2D eigenvalue weighted by atomic mass is 9.87. The van der Waals surface area contributed by atoms with Crippen LogP contribution in [0.2, 0.25) is 0 Å². The van der Waals surface area contributed by atoms with Crippen LogP contribution >= 0.6 is 0 Å². The molecule has 0 radical (unpaired) electrons. The summed E-state index contributed by atoms with van der Waals surface area (Å²) in [5.41, 5.74) is 0.449. The van der Waals surface area contributed by atoms with Gasteiger partial charge < -0.3 is 15.1 Å². The third kappa shape index (κ3) is 4.61. The molecular weight excluding hydrogens is 392 g/mol. The highest BCUT2D eigenvalue weighted by Crippen LogP contribution is 2.32. The van der Waals surface area contributed by atoms with Gasteiger partial charge in [-0.1, -0.05) is 37.3 Å². The van der Waals surface area contributed by atoms with Gasteiger partial charge in [0, 0.05) is 38.6 Å². The van der Waals surface area contributed by atoms with Gasteiger partial charge in [-0.05, 0) is 50.6 Å². The Morgan fingerprint density at radius 3 is 2.39 bits per heavy atom. The number of hydrogen-bond acceptors (Lipinski definition) is 4. The van der Waals surface area contributed by atoms with E-state index in [0.29, 0.717) is 45.2 Å². The van der Waals surface area contributed by atoms with Crippen LogP contribution in [0, 0.1) is 0 Å². The molecule has 168 valence electrons. The van der Waals surface area contributed by atoms with E-state index in [1.165, 1.54) is 10.5 Å². The Morgan fingerprint density at radius 2 is 1.74 bits per heavy atom. The molecule has 1 N–H and O–H groups in total. The van der Waals surface area contributed by atoms with Crippen LogP contribution in [0.4, 0.5) is 4.79 Å². The van der Waals surface area contributed by atoms with Gasteiger partial charge in [0.1, 0.15) is 5.54 Å². The third-order valence-corrected chi connectivity index (χ3v) is 7.10. The minimum Gasteiger partial charge on any atom is -0.343 e. The Balaban J connectivity index is 1.29. The molecule has 3 heterocycles. The van der Waals surface area contributed by atoms with Crippen LogP contribution in [-0.2, 0) is 16.0 Å². The number of likely N-dealkylation sites (tertiary alicyclic amines) is 2. The Kier molecular flexibility index (Phi) is 6.60. The molecule has 1 spiro atoms. The largest absolute Gasteiger partial charge is 0.343 e. The van der Waals surface area contributed by atoms with E-state index >= 15 is 0 Å². The second-order valence-electron chi connectivity index (χ2n) is 9.13. The normalized spacial score (nSPS) is 22.2. The van der Waals surface area contributed by atoms with Crippen molar-refractivity contribution in [1.82, 2.24) is 20.0 Å². The van der Waals surface area contributed by atoms with Crippen LogP contribution in [0.5, 0.6) is 0 Å². The quantitative estimate of drug-likeness (QED) is 0.709. The lowest BCUT2D eigenvalue weighted by molar-refractivity contribution is -0.136. The van der Waals surface area contributed by atoms with Crippen molar-refractivity contribution in [3.05, 3.63) is 35.9 Å². The predicted molar refractivity (Wildman–Crippen MR) is 118 cm³/mol. The highest BCUT2D eigenvalue weighted by molar-refractivity contribution is 6.07. The van der Waals surface area contributed by atoms with E-state index in [-0.39, 0.29) is 23.9 Å². The fourth-order valence-corrected chi connectivity index (χ4v) is 5.21. The average Bonchev–Trinajstić information content (AvgIpc) is 3.04. The van der Waals surface area contributed by atoms with Crippen molar-refractivity contribution in [3.8, 4) is 0 Å². The van der Waals surface area contributed by atoms with Crippen LogP contribution in [0.3, 0.4) is 0 Å². The first kappa shape index (κ1) is 21.8. The van der Waals surface area contributed by atoms with Gasteiger partial charge in [-0.15, -0.1) is 0 Å². The Hall–Kier alpha value is -2.41. The van der Waals surface area contributed by atoms with Gasteiger partial charge in [0.25, 0.3) is 5.91 Å². The molecule has 4 amide bonds. The van der Waals surface area contributed by atoms with E-state index in [2.05, 4.69) is 17.1 Å². The molecule has 7 heteroatoms. The Bertz CT molecular complexity index is 796. The van der Waals surface area contributed by atoms with E-state index in [1.807, 2.05) is 35.2 Å². The number of amides is 4. The van der Waals surface area contributed by atoms with Crippen molar-refractivity contribution < 1.29 is 14.4 Å². The summed E-state index contributed by atoms with van der Waals surface area (Å²) in [6.45, 7) is 6.11. The minimum absolute atomic E-state index is 0.0532. The van der Waals surface area contributed by atoms with E-state index < -0.39 is 5.54 Å². The maximum Gasteiger partial charge on any atom is 0.325 e. The summed E-state index contributed by atoms with van der Waals surface area (Å²) in [6.07, 6.45) is 5.03. The SMILES string of the molecule is CCCN1CCC2(CC1)NC(=O)N(C1CCN(C(=O)CCc3ccccc3)CC1)C2=O. The number of piperidine rings is 2. The summed E-state index contributed by atoms with van der Waals surface area (Å²) >= 11 is 0. The van der Waals surface area contributed by atoms with Gasteiger partial charge in [0.05, 0.1) is 0 Å². The van der Waals surface area contributed by atoms with Crippen LogP contribution in [0.1, 0.15) is 51.0 Å². The lowest BCUT2D eigenvalue weighted by Gasteiger charge is -2.38. The van der Waals surface area contributed by atoms with Gasteiger partial charge in [0.15, 0.2) is 0 Å². The second kappa shape index (κ2) is 9.39. The highest BCUT2D eigenvalue weighted by atomic mass is 16.2. The molecule has 0 bridgehead atoms. The molecule has 0 aromatic heterocycles. The second-order valence-corrected chi connectivity index (χ2v) is 9.13. The molecule has 3 aliphatic heterocycles. The first-order chi connectivity index (χ1) is 15.0. The molecule has 0 aliphatic carbocycles. The molecule has 1 aromatic rings. The maximum absolute atomic E-state index is 13.3. The summed E-state index contributed by atoms with van der Waals surface area (Å²) in [5.74, 6) is 0.0989. The molecule has 0 unspecified atom stereocenters. The van der Waals surface area contributed by atoms with Crippen molar-refractivity contribution in [2.75, 3.05) is 32.7 Å². The molecule has 3 saturated heterocycles. The predicted octanol–water partition coefficient (Wildman–Crippen LogP) is 2.41. The van der Waals surface area contributed by atoms with Crippen molar-refractivity contribution in [1.29, 1.82) is 0 Å². The summed E-state index contributed by atoms with van der Waals surface area (Å²) in [4.78, 5) is 44.4. The molecule has 1 aromatic carbocycles. The fourth-order valence-electron chi connectivity index (χ4n) is 5.21. The number of nitrogens with one attached hydrogen (secondary N) is 1.